The van der Waals surface area contributed by atoms with Gasteiger partial charge in [0.05, 0.1) is 11.1 Å². The van der Waals surface area contributed by atoms with E-state index in [-0.39, 0.29) is 10.9 Å². The summed E-state index contributed by atoms with van der Waals surface area (Å²) in [5, 5.41) is -0.0392. The van der Waals surface area contributed by atoms with Gasteiger partial charge in [0, 0.05) is 11.5 Å². The van der Waals surface area contributed by atoms with E-state index < -0.39 is 17.3 Å². The summed E-state index contributed by atoms with van der Waals surface area (Å²) in [5.41, 5.74) is -0.703. The van der Waals surface area contributed by atoms with Crippen LogP contribution in [0, 0.1) is 0 Å². The number of fused-ring (bicyclic) bond motifs is 1. The summed E-state index contributed by atoms with van der Waals surface area (Å²) in [5.74, 6) is 5.96. The fourth-order valence-corrected chi connectivity index (χ4v) is 2.60. The highest BCUT2D eigenvalue weighted by molar-refractivity contribution is 5.84. The molecule has 20 heavy (non-hydrogen) atoms. The molecule has 6 heteroatoms. The van der Waals surface area contributed by atoms with Gasteiger partial charge in [0.1, 0.15) is 0 Å². The molecule has 1 aliphatic carbocycles. The van der Waals surface area contributed by atoms with Crippen LogP contribution in [0.3, 0.4) is 0 Å². The highest BCUT2D eigenvalue weighted by atomic mass is 19.4. The molecule has 2 N–H and O–H groups in total. The number of hydrogen-bond acceptors (Lipinski definition) is 2. The Labute approximate surface area is 112 Å². The van der Waals surface area contributed by atoms with Crippen molar-refractivity contribution in [2.75, 3.05) is 5.84 Å². The number of halogens is 3. The fraction of sp³-hybridized carbons (Fsp3) is 0.357. The maximum absolute atomic E-state index is 13.0. The van der Waals surface area contributed by atoms with Crippen LogP contribution >= 0.6 is 0 Å². The van der Waals surface area contributed by atoms with Gasteiger partial charge in [-0.25, -0.2) is 4.68 Å². The Kier molecular flexibility index (Phi) is 2.77. The third-order valence-electron chi connectivity index (χ3n) is 3.96. The molecule has 1 aromatic carbocycles. The lowest BCUT2D eigenvalue weighted by atomic mass is 9.80. The first-order chi connectivity index (χ1) is 9.38. The molecule has 0 spiro atoms. The van der Waals surface area contributed by atoms with Crippen molar-refractivity contribution >= 4 is 10.9 Å². The quantitative estimate of drug-likeness (QED) is 0.817. The molecule has 0 radical (unpaired) electrons. The highest BCUT2D eigenvalue weighted by Crippen LogP contribution is 2.39. The van der Waals surface area contributed by atoms with E-state index >= 15 is 0 Å². The number of hydrogen-bond donors (Lipinski definition) is 1. The highest BCUT2D eigenvalue weighted by Gasteiger charge is 2.34. The molecule has 2 aromatic rings. The summed E-state index contributed by atoms with van der Waals surface area (Å²) < 4.78 is 39.7. The molecule has 1 saturated carbocycles. The van der Waals surface area contributed by atoms with Gasteiger partial charge in [-0.05, 0) is 30.4 Å². The van der Waals surface area contributed by atoms with Crippen molar-refractivity contribution in [3.05, 3.63) is 45.7 Å². The van der Waals surface area contributed by atoms with Gasteiger partial charge in [-0.15, -0.1) is 0 Å². The smallest absolute Gasteiger partial charge is 0.336 e. The van der Waals surface area contributed by atoms with Gasteiger partial charge in [0.2, 0.25) is 0 Å². The zero-order valence-corrected chi connectivity index (χ0v) is 10.6. The average molecular weight is 282 g/mol. The van der Waals surface area contributed by atoms with E-state index in [1.54, 1.807) is 12.1 Å². The number of alkyl halides is 3. The molecule has 0 aliphatic heterocycles. The largest absolute Gasteiger partial charge is 0.417 e. The van der Waals surface area contributed by atoms with Crippen LogP contribution in [0.25, 0.3) is 10.9 Å². The van der Waals surface area contributed by atoms with Crippen molar-refractivity contribution in [1.82, 2.24) is 4.68 Å². The minimum atomic E-state index is -4.57. The lowest BCUT2D eigenvalue weighted by Gasteiger charge is -2.26. The molecule has 1 aliphatic rings. The topological polar surface area (TPSA) is 48.0 Å². The number of nitrogens with two attached hydrogens (primary N) is 1. The predicted molar refractivity (Wildman–Crippen MR) is 70.0 cm³/mol. The molecule has 1 aromatic heterocycles. The minimum absolute atomic E-state index is 0.0392. The number of rotatable bonds is 1. The zero-order valence-electron chi connectivity index (χ0n) is 10.6. The van der Waals surface area contributed by atoms with Crippen molar-refractivity contribution < 1.29 is 13.2 Å². The molecule has 1 heterocycles. The van der Waals surface area contributed by atoms with Gasteiger partial charge in [-0.2, -0.15) is 13.2 Å². The molecular formula is C14H13F3N2O. The summed E-state index contributed by atoms with van der Waals surface area (Å²) in [4.78, 5) is 11.6. The van der Waals surface area contributed by atoms with Crippen LogP contribution in [0.15, 0.2) is 29.1 Å². The summed E-state index contributed by atoms with van der Waals surface area (Å²) in [6.45, 7) is 0. The van der Waals surface area contributed by atoms with Crippen LogP contribution in [-0.2, 0) is 6.18 Å². The monoisotopic (exact) mass is 282 g/mol. The predicted octanol–water partition coefficient (Wildman–Crippen LogP) is 3.00. The molecule has 1 fully saturated rings. The van der Waals surface area contributed by atoms with Crippen LogP contribution in [0.5, 0.6) is 0 Å². The Hall–Kier alpha value is -1.98. The number of benzene rings is 1. The normalized spacial score (nSPS) is 16.4. The Bertz CT molecular complexity index is 730. The Morgan fingerprint density at radius 1 is 1.20 bits per heavy atom. The minimum Gasteiger partial charge on any atom is -0.336 e. The summed E-state index contributed by atoms with van der Waals surface area (Å²) >= 11 is 0. The summed E-state index contributed by atoms with van der Waals surface area (Å²) in [6.07, 6.45) is -1.39. The number of nitrogens with zero attached hydrogens (tertiary/aromatic N) is 1. The average Bonchev–Trinajstić information content (AvgIpc) is 2.30. The molecule has 3 nitrogen and oxygen atoms in total. The third kappa shape index (κ3) is 1.95. The third-order valence-corrected chi connectivity index (χ3v) is 3.96. The zero-order chi connectivity index (χ0) is 14.5. The Morgan fingerprint density at radius 3 is 2.45 bits per heavy atom. The van der Waals surface area contributed by atoms with Gasteiger partial charge < -0.3 is 5.84 Å². The number of aromatic nitrogens is 1. The Balaban J connectivity index is 2.28. The van der Waals surface area contributed by atoms with Crippen LogP contribution in [0.2, 0.25) is 0 Å². The van der Waals surface area contributed by atoms with Crippen LogP contribution in [-0.4, -0.2) is 4.68 Å². The molecular weight excluding hydrogens is 269 g/mol. The van der Waals surface area contributed by atoms with Gasteiger partial charge in [-0.1, -0.05) is 18.6 Å². The van der Waals surface area contributed by atoms with Gasteiger partial charge >= 0.3 is 6.18 Å². The molecule has 0 amide bonds. The number of nitrogen functional groups attached to an aromatic ring is 1. The molecule has 0 bridgehead atoms. The van der Waals surface area contributed by atoms with Crippen LogP contribution in [0.1, 0.15) is 36.3 Å². The molecule has 3 rings (SSSR count). The van der Waals surface area contributed by atoms with E-state index in [1.807, 2.05) is 0 Å². The first-order valence-corrected chi connectivity index (χ1v) is 6.40. The van der Waals surface area contributed by atoms with E-state index in [1.165, 1.54) is 6.07 Å². The first-order valence-electron chi connectivity index (χ1n) is 6.40. The van der Waals surface area contributed by atoms with E-state index in [0.717, 1.165) is 29.5 Å². The summed E-state index contributed by atoms with van der Waals surface area (Å²) in [6, 6.07) is 5.27. The van der Waals surface area contributed by atoms with E-state index in [2.05, 4.69) is 0 Å². The van der Waals surface area contributed by atoms with Crippen molar-refractivity contribution in [3.8, 4) is 0 Å². The maximum Gasteiger partial charge on any atom is 0.417 e. The number of pyridine rings is 1. The van der Waals surface area contributed by atoms with Crippen LogP contribution in [0.4, 0.5) is 13.2 Å². The van der Waals surface area contributed by atoms with E-state index in [9.17, 15) is 18.0 Å². The van der Waals surface area contributed by atoms with E-state index in [0.29, 0.717) is 12.0 Å². The summed E-state index contributed by atoms with van der Waals surface area (Å²) in [7, 11) is 0. The molecule has 106 valence electrons. The first kappa shape index (κ1) is 13.0. The van der Waals surface area contributed by atoms with Gasteiger partial charge in [0.15, 0.2) is 0 Å². The standard InChI is InChI=1S/C14H13F3N2O/c15-14(16,17)11-7-13(20)19(18)12-6-9(4-5-10(11)12)8-2-1-3-8/h4-8H,1-3,18H2. The van der Waals surface area contributed by atoms with Crippen molar-refractivity contribution in [2.24, 2.45) is 0 Å². The molecule has 0 unspecified atom stereocenters. The van der Waals surface area contributed by atoms with Crippen molar-refractivity contribution in [1.29, 1.82) is 0 Å². The van der Waals surface area contributed by atoms with E-state index in [4.69, 9.17) is 5.84 Å². The molecule has 0 atom stereocenters. The fourth-order valence-electron chi connectivity index (χ4n) is 2.60. The SMILES string of the molecule is Nn1c(=O)cc(C(F)(F)F)c2ccc(C3CCC3)cc21. The maximum atomic E-state index is 13.0. The van der Waals surface area contributed by atoms with Crippen molar-refractivity contribution in [3.63, 3.8) is 0 Å². The lowest BCUT2D eigenvalue weighted by molar-refractivity contribution is -0.136. The Morgan fingerprint density at radius 2 is 1.90 bits per heavy atom. The van der Waals surface area contributed by atoms with Crippen LogP contribution < -0.4 is 11.4 Å². The molecule has 0 saturated heterocycles. The lowest BCUT2D eigenvalue weighted by Crippen LogP contribution is -2.29. The second-order valence-corrected chi connectivity index (χ2v) is 5.17. The second kappa shape index (κ2) is 4.26. The second-order valence-electron chi connectivity index (χ2n) is 5.17. The van der Waals surface area contributed by atoms with Crippen molar-refractivity contribution in [2.45, 2.75) is 31.4 Å². The van der Waals surface area contributed by atoms with Gasteiger partial charge in [-0.3, -0.25) is 4.79 Å². The van der Waals surface area contributed by atoms with Gasteiger partial charge in [0.25, 0.3) is 5.56 Å².